The third-order valence-corrected chi connectivity index (χ3v) is 3.84. The number of methoxy groups -OCH3 is 3. The number of allylic oxidation sites excluding steroid dienone is 1. The summed E-state index contributed by atoms with van der Waals surface area (Å²) in [6.45, 7) is 0. The molecule has 0 heterocycles. The fraction of sp³-hybridized carbons (Fsp3) is 0.412. The lowest BCUT2D eigenvalue weighted by molar-refractivity contribution is -0.147. The quantitative estimate of drug-likeness (QED) is 0.632. The highest BCUT2D eigenvalue weighted by atomic mass is 16.5. The molecule has 0 aliphatic heterocycles. The Labute approximate surface area is 129 Å². The molecule has 22 heavy (non-hydrogen) atoms. The van der Waals surface area contributed by atoms with E-state index in [0.717, 1.165) is 11.1 Å². The second-order valence-corrected chi connectivity index (χ2v) is 5.17. The maximum atomic E-state index is 12.2. The Balaban J connectivity index is 2.17. The molecule has 0 aromatic heterocycles. The van der Waals surface area contributed by atoms with Crippen molar-refractivity contribution in [3.8, 4) is 11.5 Å². The van der Waals surface area contributed by atoms with Gasteiger partial charge in [0.25, 0.3) is 0 Å². The van der Waals surface area contributed by atoms with Crippen molar-refractivity contribution in [2.24, 2.45) is 5.92 Å². The molecule has 1 aliphatic carbocycles. The Bertz CT molecular complexity index is 603. The number of carbonyl (C=O) groups excluding carboxylic acids is 2. The van der Waals surface area contributed by atoms with Gasteiger partial charge >= 0.3 is 5.97 Å². The molecule has 5 nitrogen and oxygen atoms in total. The maximum Gasteiger partial charge on any atom is 0.309 e. The number of hydrogen-bond donors (Lipinski definition) is 0. The van der Waals surface area contributed by atoms with Gasteiger partial charge in [0.15, 0.2) is 17.3 Å². The monoisotopic (exact) mass is 304 g/mol. The Hall–Kier alpha value is -2.30. The smallest absolute Gasteiger partial charge is 0.309 e. The Morgan fingerprint density at radius 1 is 1.18 bits per heavy atom. The maximum absolute atomic E-state index is 12.2. The van der Waals surface area contributed by atoms with E-state index in [0.29, 0.717) is 24.3 Å². The van der Waals surface area contributed by atoms with Crippen LogP contribution in [0.5, 0.6) is 11.5 Å². The zero-order valence-electron chi connectivity index (χ0n) is 13.0. The van der Waals surface area contributed by atoms with Crippen molar-refractivity contribution in [2.75, 3.05) is 21.3 Å². The van der Waals surface area contributed by atoms with Crippen LogP contribution in [0.3, 0.4) is 0 Å². The Morgan fingerprint density at radius 2 is 1.91 bits per heavy atom. The third kappa shape index (κ3) is 3.47. The summed E-state index contributed by atoms with van der Waals surface area (Å²) in [6.07, 6.45) is 3.27. The Morgan fingerprint density at radius 3 is 2.50 bits per heavy atom. The van der Waals surface area contributed by atoms with Crippen molar-refractivity contribution in [3.05, 3.63) is 29.3 Å². The second-order valence-electron chi connectivity index (χ2n) is 5.17. The average molecular weight is 304 g/mol. The van der Waals surface area contributed by atoms with Crippen LogP contribution < -0.4 is 9.47 Å². The molecular formula is C17H20O5. The SMILES string of the molecule is COC(=O)C1CC/C(=C\c2ccc(OC)c(OC)c2)C(=O)C1. The summed E-state index contributed by atoms with van der Waals surface area (Å²) in [5.41, 5.74) is 1.60. The summed E-state index contributed by atoms with van der Waals surface area (Å²) in [6, 6.07) is 5.50. The van der Waals surface area contributed by atoms with E-state index in [4.69, 9.17) is 14.2 Å². The topological polar surface area (TPSA) is 61.8 Å². The van der Waals surface area contributed by atoms with Crippen molar-refractivity contribution >= 4 is 17.8 Å². The predicted octanol–water partition coefficient (Wildman–Crippen LogP) is 2.63. The van der Waals surface area contributed by atoms with E-state index in [1.807, 2.05) is 18.2 Å². The minimum absolute atomic E-state index is 0.00330. The minimum atomic E-state index is -0.319. The van der Waals surface area contributed by atoms with Gasteiger partial charge in [-0.15, -0.1) is 0 Å². The lowest BCUT2D eigenvalue weighted by Gasteiger charge is -2.20. The fourth-order valence-corrected chi connectivity index (χ4v) is 2.59. The van der Waals surface area contributed by atoms with Gasteiger partial charge in [-0.3, -0.25) is 9.59 Å². The highest BCUT2D eigenvalue weighted by molar-refractivity contribution is 6.02. The summed E-state index contributed by atoms with van der Waals surface area (Å²) in [5, 5.41) is 0. The lowest BCUT2D eigenvalue weighted by atomic mass is 9.84. The van der Waals surface area contributed by atoms with Gasteiger partial charge in [-0.2, -0.15) is 0 Å². The fourth-order valence-electron chi connectivity index (χ4n) is 2.59. The molecule has 5 heteroatoms. The summed E-state index contributed by atoms with van der Waals surface area (Å²) in [7, 11) is 4.50. The molecule has 0 N–H and O–H groups in total. The number of Topliss-reactive ketones (excluding diaryl/α,β-unsaturated/α-hetero) is 1. The van der Waals surface area contributed by atoms with Gasteiger partial charge in [0, 0.05) is 6.42 Å². The van der Waals surface area contributed by atoms with E-state index in [1.165, 1.54) is 7.11 Å². The molecule has 0 amide bonds. The molecule has 118 valence electrons. The molecule has 1 aromatic carbocycles. The molecule has 1 aromatic rings. The molecular weight excluding hydrogens is 284 g/mol. The second kappa shape index (κ2) is 7.11. The molecule has 0 bridgehead atoms. The first-order valence-electron chi connectivity index (χ1n) is 7.12. The molecule has 0 radical (unpaired) electrons. The van der Waals surface area contributed by atoms with Crippen LogP contribution >= 0.6 is 0 Å². The van der Waals surface area contributed by atoms with Gasteiger partial charge in [0.05, 0.1) is 27.2 Å². The van der Waals surface area contributed by atoms with Gasteiger partial charge < -0.3 is 14.2 Å². The molecule has 1 saturated carbocycles. The highest BCUT2D eigenvalue weighted by Crippen LogP contribution is 2.31. The van der Waals surface area contributed by atoms with Gasteiger partial charge in [-0.25, -0.2) is 0 Å². The first-order valence-corrected chi connectivity index (χ1v) is 7.12. The van der Waals surface area contributed by atoms with Crippen molar-refractivity contribution in [2.45, 2.75) is 19.3 Å². The number of esters is 1. The Kier molecular flexibility index (Phi) is 5.20. The van der Waals surface area contributed by atoms with Crippen LogP contribution in [-0.4, -0.2) is 33.1 Å². The van der Waals surface area contributed by atoms with E-state index < -0.39 is 0 Å². The summed E-state index contributed by atoms with van der Waals surface area (Å²) >= 11 is 0. The van der Waals surface area contributed by atoms with Crippen LogP contribution in [0.1, 0.15) is 24.8 Å². The molecule has 1 atom stereocenters. The number of ketones is 1. The zero-order valence-corrected chi connectivity index (χ0v) is 13.0. The number of ether oxygens (including phenoxy) is 3. The molecule has 2 rings (SSSR count). The zero-order chi connectivity index (χ0) is 16.1. The largest absolute Gasteiger partial charge is 0.493 e. The van der Waals surface area contributed by atoms with Gasteiger partial charge in [0.1, 0.15) is 0 Å². The average Bonchev–Trinajstić information content (AvgIpc) is 2.55. The molecule has 1 aliphatic rings. The third-order valence-electron chi connectivity index (χ3n) is 3.84. The van der Waals surface area contributed by atoms with Gasteiger partial charge in [-0.1, -0.05) is 6.07 Å². The minimum Gasteiger partial charge on any atom is -0.493 e. The van der Waals surface area contributed by atoms with Crippen LogP contribution in [0.2, 0.25) is 0 Å². The normalized spacial score (nSPS) is 19.9. The molecule has 0 spiro atoms. The lowest BCUT2D eigenvalue weighted by Crippen LogP contribution is -2.25. The van der Waals surface area contributed by atoms with Crippen LogP contribution in [0.4, 0.5) is 0 Å². The van der Waals surface area contributed by atoms with Crippen molar-refractivity contribution in [1.29, 1.82) is 0 Å². The van der Waals surface area contributed by atoms with E-state index in [9.17, 15) is 9.59 Å². The van der Waals surface area contributed by atoms with E-state index in [-0.39, 0.29) is 24.1 Å². The van der Waals surface area contributed by atoms with Gasteiger partial charge in [0.2, 0.25) is 0 Å². The number of rotatable bonds is 4. The molecule has 1 unspecified atom stereocenters. The van der Waals surface area contributed by atoms with Crippen LogP contribution in [0, 0.1) is 5.92 Å². The van der Waals surface area contributed by atoms with E-state index >= 15 is 0 Å². The van der Waals surface area contributed by atoms with E-state index in [2.05, 4.69) is 0 Å². The van der Waals surface area contributed by atoms with Crippen LogP contribution in [-0.2, 0) is 14.3 Å². The van der Waals surface area contributed by atoms with Gasteiger partial charge in [-0.05, 0) is 42.2 Å². The summed E-state index contributed by atoms with van der Waals surface area (Å²) in [5.74, 6) is 0.632. The molecule has 0 saturated heterocycles. The van der Waals surface area contributed by atoms with Crippen molar-refractivity contribution < 1.29 is 23.8 Å². The molecule has 1 fully saturated rings. The predicted molar refractivity (Wildman–Crippen MR) is 81.9 cm³/mol. The summed E-state index contributed by atoms with van der Waals surface area (Å²) < 4.78 is 15.2. The summed E-state index contributed by atoms with van der Waals surface area (Å²) in [4.78, 5) is 23.7. The van der Waals surface area contributed by atoms with Crippen molar-refractivity contribution in [3.63, 3.8) is 0 Å². The first kappa shape index (κ1) is 16.1. The van der Waals surface area contributed by atoms with Crippen LogP contribution in [0.15, 0.2) is 23.8 Å². The number of hydrogen-bond acceptors (Lipinski definition) is 5. The van der Waals surface area contributed by atoms with Crippen LogP contribution in [0.25, 0.3) is 6.08 Å². The number of carbonyl (C=O) groups is 2. The van der Waals surface area contributed by atoms with Crippen molar-refractivity contribution in [1.82, 2.24) is 0 Å². The first-order chi connectivity index (χ1) is 10.6. The van der Waals surface area contributed by atoms with E-state index in [1.54, 1.807) is 20.3 Å². The highest BCUT2D eigenvalue weighted by Gasteiger charge is 2.29. The number of benzene rings is 1. The standard InChI is InChI=1S/C17H20O5/c1-20-15-7-4-11(9-16(15)21-2)8-12-5-6-13(10-14(12)18)17(19)22-3/h4,7-9,13H,5-6,10H2,1-3H3/b12-8+.